The molecule has 5 rings (SSSR count). The minimum Gasteiger partial charge on any atom is -0.449 e. The van der Waals surface area contributed by atoms with E-state index in [-0.39, 0.29) is 19.0 Å². The quantitative estimate of drug-likeness (QED) is 0.393. The summed E-state index contributed by atoms with van der Waals surface area (Å²) in [5.74, 6) is -1.69. The number of benzene rings is 2. The first kappa shape index (κ1) is 22.2. The number of halogens is 2. The maximum atomic E-state index is 13.7. The van der Waals surface area contributed by atoms with Crippen LogP contribution < -0.4 is 0 Å². The van der Waals surface area contributed by atoms with Gasteiger partial charge in [0.2, 0.25) is 5.60 Å². The van der Waals surface area contributed by atoms with Crippen LogP contribution in [0.25, 0.3) is 11.1 Å². The van der Waals surface area contributed by atoms with Gasteiger partial charge in [-0.25, -0.2) is 4.79 Å². The number of hydrogen-bond donors (Lipinski definition) is 0. The Bertz CT molecular complexity index is 1240. The predicted molar refractivity (Wildman–Crippen MR) is 126 cm³/mol. The SMILES string of the molecule is CCOC(=O)N1C(=O)C2=C(Br)C(c3ccccc3)=C(c3ccccc3)C3(Br)OCOC23C1=O. The first-order chi connectivity index (χ1) is 15.9. The molecule has 2 unspecified atom stereocenters. The molecule has 33 heavy (non-hydrogen) atoms. The molecule has 2 heterocycles. The molecule has 0 aromatic heterocycles. The Hall–Kier alpha value is -2.59. The molecule has 0 N–H and O–H groups in total. The molecule has 2 atom stereocenters. The molecule has 1 aliphatic carbocycles. The topological polar surface area (TPSA) is 82.1 Å². The molecule has 3 aliphatic rings. The monoisotopic (exact) mass is 573 g/mol. The average Bonchev–Trinajstić information content (AvgIpc) is 3.28. The molecule has 0 bridgehead atoms. The van der Waals surface area contributed by atoms with E-state index >= 15 is 0 Å². The van der Waals surface area contributed by atoms with Crippen LogP contribution in [0.2, 0.25) is 0 Å². The van der Waals surface area contributed by atoms with Gasteiger partial charge in [-0.15, -0.1) is 0 Å². The van der Waals surface area contributed by atoms with Crippen molar-refractivity contribution >= 4 is 60.9 Å². The standard InChI is InChI=1S/C24H17Br2NO6/c1-2-31-22(30)27-20(28)18-19(25)16(14-9-5-3-6-10-14)17(15-11-7-4-8-12-15)24(26)23(18,21(27)29)32-13-33-24/h3-12H,2,13H2,1H3. The lowest BCUT2D eigenvalue weighted by Gasteiger charge is -2.41. The van der Waals surface area contributed by atoms with Crippen LogP contribution in [0.15, 0.2) is 70.7 Å². The number of allylic oxidation sites excluding steroid dienone is 2. The van der Waals surface area contributed by atoms with Gasteiger partial charge in [-0.3, -0.25) is 9.59 Å². The third-order valence-corrected chi connectivity index (χ3v) is 7.82. The number of imide groups is 3. The van der Waals surface area contributed by atoms with Crippen molar-refractivity contribution in [3.05, 3.63) is 81.8 Å². The number of amides is 3. The molecule has 1 spiro atoms. The van der Waals surface area contributed by atoms with E-state index in [2.05, 4.69) is 31.9 Å². The van der Waals surface area contributed by atoms with Crippen molar-refractivity contribution in [2.45, 2.75) is 17.0 Å². The summed E-state index contributed by atoms with van der Waals surface area (Å²) in [6, 6.07) is 18.8. The van der Waals surface area contributed by atoms with Crippen LogP contribution in [-0.2, 0) is 23.8 Å². The fraction of sp³-hybridized carbons (Fsp3) is 0.208. The number of alkyl halides is 1. The van der Waals surface area contributed by atoms with Gasteiger partial charge in [0.15, 0.2) is 11.3 Å². The molecule has 9 heteroatoms. The lowest BCUT2D eigenvalue weighted by Crippen LogP contribution is -2.57. The van der Waals surface area contributed by atoms with Gasteiger partial charge in [-0.1, -0.05) is 60.7 Å². The van der Waals surface area contributed by atoms with Crippen molar-refractivity contribution in [1.29, 1.82) is 0 Å². The predicted octanol–water partition coefficient (Wildman–Crippen LogP) is 4.62. The number of carbonyl (C=O) groups excluding carboxylic acids is 3. The van der Waals surface area contributed by atoms with Crippen LogP contribution >= 0.6 is 31.9 Å². The second kappa shape index (κ2) is 8.02. The molecule has 2 saturated heterocycles. The summed E-state index contributed by atoms with van der Waals surface area (Å²) in [5, 5.41) is 0. The van der Waals surface area contributed by atoms with Crippen LogP contribution in [0.3, 0.4) is 0 Å². The lowest BCUT2D eigenvalue weighted by molar-refractivity contribution is -0.144. The van der Waals surface area contributed by atoms with Crippen LogP contribution in [0.1, 0.15) is 18.1 Å². The molecule has 0 radical (unpaired) electrons. The summed E-state index contributed by atoms with van der Waals surface area (Å²) in [4.78, 5) is 40.3. The van der Waals surface area contributed by atoms with Gasteiger partial charge in [0.1, 0.15) is 0 Å². The van der Waals surface area contributed by atoms with E-state index in [1.165, 1.54) is 0 Å². The molecule has 3 amide bonds. The summed E-state index contributed by atoms with van der Waals surface area (Å²) in [5.41, 5.74) is 0.834. The van der Waals surface area contributed by atoms with Gasteiger partial charge >= 0.3 is 6.09 Å². The van der Waals surface area contributed by atoms with E-state index in [0.717, 1.165) is 11.1 Å². The number of likely N-dealkylation sites (tertiary alicyclic amines) is 1. The van der Waals surface area contributed by atoms with Crippen molar-refractivity contribution in [3.8, 4) is 0 Å². The molecule has 2 aromatic rings. The summed E-state index contributed by atoms with van der Waals surface area (Å²) < 4.78 is 15.7. The zero-order valence-corrected chi connectivity index (χ0v) is 20.5. The fourth-order valence-electron chi connectivity index (χ4n) is 4.50. The maximum absolute atomic E-state index is 13.7. The molecule has 7 nitrogen and oxygen atoms in total. The fourth-order valence-corrected chi connectivity index (χ4v) is 6.38. The lowest BCUT2D eigenvalue weighted by atomic mass is 9.74. The Morgan fingerprint density at radius 2 is 1.61 bits per heavy atom. The highest BCUT2D eigenvalue weighted by Gasteiger charge is 2.76. The van der Waals surface area contributed by atoms with E-state index in [4.69, 9.17) is 14.2 Å². The highest BCUT2D eigenvalue weighted by Crippen LogP contribution is 2.63. The van der Waals surface area contributed by atoms with E-state index in [1.54, 1.807) is 6.92 Å². The number of nitrogens with zero attached hydrogens (tertiary/aromatic N) is 1. The summed E-state index contributed by atoms with van der Waals surface area (Å²) in [6.45, 7) is 1.32. The van der Waals surface area contributed by atoms with Gasteiger partial charge in [-0.05, 0) is 49.9 Å². The largest absolute Gasteiger partial charge is 0.449 e. The number of carbonyl (C=O) groups is 3. The molecule has 2 fully saturated rings. The Balaban J connectivity index is 1.86. The van der Waals surface area contributed by atoms with Crippen molar-refractivity contribution < 1.29 is 28.6 Å². The molecule has 168 valence electrons. The van der Waals surface area contributed by atoms with Crippen LogP contribution in [0, 0.1) is 0 Å². The maximum Gasteiger partial charge on any atom is 0.423 e. The molecule has 2 aromatic carbocycles. The summed E-state index contributed by atoms with van der Waals surface area (Å²) in [6.07, 6.45) is -1.06. The van der Waals surface area contributed by atoms with Gasteiger partial charge in [-0.2, -0.15) is 4.90 Å². The van der Waals surface area contributed by atoms with Crippen molar-refractivity contribution in [2.75, 3.05) is 13.4 Å². The number of ether oxygens (including phenoxy) is 3. The first-order valence-electron chi connectivity index (χ1n) is 10.2. The Kier molecular flexibility index (Phi) is 5.40. The Morgan fingerprint density at radius 1 is 1.00 bits per heavy atom. The highest BCUT2D eigenvalue weighted by molar-refractivity contribution is 9.12. The van der Waals surface area contributed by atoms with Crippen LogP contribution in [-0.4, -0.2) is 46.3 Å². The second-order valence-electron chi connectivity index (χ2n) is 7.50. The zero-order chi connectivity index (χ0) is 23.4. The first-order valence-corrected chi connectivity index (χ1v) is 11.8. The van der Waals surface area contributed by atoms with Gasteiger partial charge in [0.05, 0.1) is 12.2 Å². The normalized spacial score (nSPS) is 26.6. The smallest absolute Gasteiger partial charge is 0.423 e. The third kappa shape index (κ3) is 2.89. The minimum absolute atomic E-state index is 0.00268. The van der Waals surface area contributed by atoms with E-state index in [9.17, 15) is 14.4 Å². The van der Waals surface area contributed by atoms with E-state index in [0.29, 0.717) is 20.5 Å². The Labute approximate surface area is 206 Å². The molecule has 0 saturated carbocycles. The van der Waals surface area contributed by atoms with Crippen molar-refractivity contribution in [3.63, 3.8) is 0 Å². The second-order valence-corrected chi connectivity index (χ2v) is 9.41. The summed E-state index contributed by atoms with van der Waals surface area (Å²) in [7, 11) is 0. The number of hydrogen-bond acceptors (Lipinski definition) is 6. The van der Waals surface area contributed by atoms with Crippen molar-refractivity contribution in [1.82, 2.24) is 4.90 Å². The van der Waals surface area contributed by atoms with E-state index < -0.39 is 28.0 Å². The van der Waals surface area contributed by atoms with Crippen molar-refractivity contribution in [2.24, 2.45) is 0 Å². The van der Waals surface area contributed by atoms with E-state index in [1.807, 2.05) is 60.7 Å². The average molecular weight is 575 g/mol. The van der Waals surface area contributed by atoms with Gasteiger partial charge < -0.3 is 14.2 Å². The van der Waals surface area contributed by atoms with Crippen LogP contribution in [0.4, 0.5) is 4.79 Å². The van der Waals surface area contributed by atoms with Gasteiger partial charge in [0.25, 0.3) is 11.8 Å². The summed E-state index contributed by atoms with van der Waals surface area (Å²) >= 11 is 7.25. The Morgan fingerprint density at radius 3 is 2.21 bits per heavy atom. The third-order valence-electron chi connectivity index (χ3n) is 5.85. The number of rotatable bonds is 3. The van der Waals surface area contributed by atoms with Crippen LogP contribution in [0.5, 0.6) is 0 Å². The molecular formula is C24H17Br2NO6. The highest BCUT2D eigenvalue weighted by atomic mass is 79.9. The van der Waals surface area contributed by atoms with Gasteiger partial charge in [0, 0.05) is 15.6 Å². The minimum atomic E-state index is -1.92. The zero-order valence-electron chi connectivity index (χ0n) is 17.3. The molecular weight excluding hydrogens is 558 g/mol. The molecule has 2 aliphatic heterocycles.